The Labute approximate surface area is 351 Å². The number of nitrogens with zero attached hydrogens (tertiary/aromatic N) is 4. The van der Waals surface area contributed by atoms with Crippen molar-refractivity contribution in [3.63, 3.8) is 0 Å². The molecule has 0 N–H and O–H groups in total. The molecule has 3 aromatic heterocycles. The van der Waals surface area contributed by atoms with Crippen molar-refractivity contribution in [3.05, 3.63) is 212 Å². The van der Waals surface area contributed by atoms with Crippen LogP contribution < -0.4 is 4.90 Å². The highest BCUT2D eigenvalue weighted by atomic mass is 16.3. The monoisotopic (exact) mass is 780 g/mol. The van der Waals surface area contributed by atoms with Crippen LogP contribution in [0.5, 0.6) is 0 Å². The van der Waals surface area contributed by atoms with Crippen LogP contribution >= 0.6 is 0 Å². The summed E-state index contributed by atoms with van der Waals surface area (Å²) in [6.07, 6.45) is 9.06. The minimum Gasteiger partial charge on any atom is -0.454 e. The van der Waals surface area contributed by atoms with Crippen LogP contribution in [0.3, 0.4) is 0 Å². The third-order valence-electron chi connectivity index (χ3n) is 12.7. The van der Waals surface area contributed by atoms with Gasteiger partial charge in [0.2, 0.25) is 0 Å². The summed E-state index contributed by atoms with van der Waals surface area (Å²) >= 11 is 0. The van der Waals surface area contributed by atoms with Crippen molar-refractivity contribution in [3.8, 4) is 39.5 Å². The molecule has 13 rings (SSSR count). The predicted molar refractivity (Wildman–Crippen MR) is 251 cm³/mol. The van der Waals surface area contributed by atoms with Gasteiger partial charge in [-0.1, -0.05) is 146 Å². The number of furan rings is 1. The quantitative estimate of drug-likeness (QED) is 0.174. The summed E-state index contributed by atoms with van der Waals surface area (Å²) in [5.74, 6) is 0.986. The maximum atomic E-state index is 6.94. The summed E-state index contributed by atoms with van der Waals surface area (Å²) < 4.78 is 9.31. The molecule has 1 aliphatic carbocycles. The Morgan fingerprint density at radius 1 is 0.492 bits per heavy atom. The van der Waals surface area contributed by atoms with E-state index in [1.807, 2.05) is 24.3 Å². The van der Waals surface area contributed by atoms with E-state index in [0.29, 0.717) is 5.82 Å². The molecule has 4 heterocycles. The van der Waals surface area contributed by atoms with Gasteiger partial charge in [-0.05, 0) is 77.4 Å². The first-order valence-corrected chi connectivity index (χ1v) is 20.9. The fourth-order valence-corrected chi connectivity index (χ4v) is 10.0. The molecule has 0 fully saturated rings. The van der Waals surface area contributed by atoms with Crippen molar-refractivity contribution >= 4 is 66.0 Å². The van der Waals surface area contributed by atoms with Crippen molar-refractivity contribution < 1.29 is 4.42 Å². The van der Waals surface area contributed by atoms with E-state index in [1.165, 1.54) is 38.8 Å². The van der Waals surface area contributed by atoms with E-state index >= 15 is 0 Å². The minimum atomic E-state index is 0.252. The van der Waals surface area contributed by atoms with Crippen molar-refractivity contribution in [1.29, 1.82) is 0 Å². The van der Waals surface area contributed by atoms with Crippen LogP contribution in [0.4, 0.5) is 11.4 Å². The second-order valence-electron chi connectivity index (χ2n) is 16.1. The number of para-hydroxylation sites is 4. The highest BCUT2D eigenvalue weighted by molar-refractivity contribution is 6.17. The Hall–Kier alpha value is -8.02. The maximum Gasteiger partial charge on any atom is 0.160 e. The summed E-state index contributed by atoms with van der Waals surface area (Å²) in [7, 11) is 0. The zero-order chi connectivity index (χ0) is 40.0. The summed E-state index contributed by atoms with van der Waals surface area (Å²) in [5, 5.41) is 5.49. The normalized spacial score (nSPS) is 15.7. The zero-order valence-electron chi connectivity index (χ0n) is 33.0. The van der Waals surface area contributed by atoms with Crippen LogP contribution in [-0.4, -0.2) is 20.6 Å². The lowest BCUT2D eigenvalue weighted by Gasteiger charge is -2.28. The van der Waals surface area contributed by atoms with E-state index in [9.17, 15) is 0 Å². The molecule has 61 heavy (non-hydrogen) atoms. The van der Waals surface area contributed by atoms with E-state index < -0.39 is 0 Å². The number of rotatable bonds is 5. The fourth-order valence-electron chi connectivity index (χ4n) is 10.0. The van der Waals surface area contributed by atoms with E-state index in [-0.39, 0.29) is 12.0 Å². The Bertz CT molecular complexity index is 3620. The third kappa shape index (κ3) is 5.14. The van der Waals surface area contributed by atoms with Crippen LogP contribution in [0.15, 0.2) is 211 Å². The van der Waals surface area contributed by atoms with Crippen LogP contribution in [0.2, 0.25) is 0 Å². The molecule has 2 atom stereocenters. The molecule has 0 saturated carbocycles. The van der Waals surface area contributed by atoms with Gasteiger partial charge in [0.05, 0.1) is 34.0 Å². The van der Waals surface area contributed by atoms with Gasteiger partial charge in [0, 0.05) is 55.4 Å². The lowest BCUT2D eigenvalue weighted by atomic mass is 9.89. The first kappa shape index (κ1) is 33.9. The van der Waals surface area contributed by atoms with Crippen LogP contribution in [0.25, 0.3) is 94.1 Å². The molecular formula is C56H36N4O. The van der Waals surface area contributed by atoms with Crippen molar-refractivity contribution in [2.24, 2.45) is 0 Å². The van der Waals surface area contributed by atoms with Crippen LogP contribution in [0.1, 0.15) is 11.5 Å². The number of allylic oxidation sites excluding steroid dienone is 2. The minimum absolute atomic E-state index is 0.252. The summed E-state index contributed by atoms with van der Waals surface area (Å²) in [6.45, 7) is 0. The molecule has 286 valence electrons. The van der Waals surface area contributed by atoms with Crippen molar-refractivity contribution in [1.82, 2.24) is 14.5 Å². The van der Waals surface area contributed by atoms with Crippen molar-refractivity contribution in [2.45, 2.75) is 12.0 Å². The van der Waals surface area contributed by atoms with Crippen LogP contribution in [-0.2, 0) is 0 Å². The Morgan fingerprint density at radius 3 is 2.11 bits per heavy atom. The van der Waals surface area contributed by atoms with Gasteiger partial charge < -0.3 is 13.9 Å². The van der Waals surface area contributed by atoms with E-state index in [2.05, 4.69) is 191 Å². The Morgan fingerprint density at radius 2 is 1.21 bits per heavy atom. The summed E-state index contributed by atoms with van der Waals surface area (Å²) in [4.78, 5) is 12.7. The van der Waals surface area contributed by atoms with Gasteiger partial charge in [-0.2, -0.15) is 0 Å². The average molecular weight is 781 g/mol. The summed E-state index contributed by atoms with van der Waals surface area (Å²) in [5.41, 5.74) is 15.0. The number of aromatic nitrogens is 3. The molecule has 0 saturated heterocycles. The molecule has 0 spiro atoms. The SMILES string of the molecule is C1=CC2c3cc(-c4ccc5c(c4)c4ccccc4n5-c4cccc5c4oc4cccc(-c6nc(-c7ccccc7)nc7ccccc67)c45)ccc3N(c3ccccc3)C2C=C1. The zero-order valence-corrected chi connectivity index (χ0v) is 33.0. The van der Waals surface area contributed by atoms with Gasteiger partial charge in [-0.3, -0.25) is 0 Å². The average Bonchev–Trinajstić information content (AvgIpc) is 3.99. The smallest absolute Gasteiger partial charge is 0.160 e. The third-order valence-corrected chi connectivity index (χ3v) is 12.7. The van der Waals surface area contributed by atoms with E-state index in [1.54, 1.807) is 0 Å². The molecule has 0 bridgehead atoms. The molecular weight excluding hydrogens is 745 g/mol. The second-order valence-corrected chi connectivity index (χ2v) is 16.1. The summed E-state index contributed by atoms with van der Waals surface area (Å²) in [6, 6.07) is 65.0. The molecule has 5 nitrogen and oxygen atoms in total. The first-order valence-electron chi connectivity index (χ1n) is 20.9. The number of hydrogen-bond acceptors (Lipinski definition) is 4. The largest absolute Gasteiger partial charge is 0.454 e. The number of benzene rings is 8. The molecule has 5 heteroatoms. The Kier molecular flexibility index (Phi) is 7.36. The van der Waals surface area contributed by atoms with Gasteiger partial charge in [0.25, 0.3) is 0 Å². The van der Waals surface area contributed by atoms with E-state index in [4.69, 9.17) is 14.4 Å². The molecule has 1 aliphatic heterocycles. The standard InChI is InChI=1S/C56H36N4O/c1-3-15-35(16-4-1)56-57-46-24-10-7-21-41(46)54(58-56)42-22-14-28-52-53(42)43-23-13-27-51(55(43)61-52)60-48-26-12-9-20-40(48)45-34-37(30-32-50(45)60)36-29-31-49-44(33-36)39-19-8-11-25-47(39)59(49)38-17-5-2-6-18-38/h1-34,39,47H. The second kappa shape index (κ2) is 13.2. The molecule has 0 radical (unpaired) electrons. The predicted octanol–water partition coefficient (Wildman–Crippen LogP) is 14.4. The van der Waals surface area contributed by atoms with Crippen LogP contribution in [0, 0.1) is 0 Å². The Balaban J connectivity index is 0.973. The van der Waals surface area contributed by atoms with E-state index in [0.717, 1.165) is 66.4 Å². The van der Waals surface area contributed by atoms with Gasteiger partial charge in [0.15, 0.2) is 11.4 Å². The topological polar surface area (TPSA) is 47.1 Å². The van der Waals surface area contributed by atoms with Gasteiger partial charge in [-0.25, -0.2) is 9.97 Å². The maximum absolute atomic E-state index is 6.94. The highest BCUT2D eigenvalue weighted by Gasteiger charge is 2.37. The lowest BCUT2D eigenvalue weighted by molar-refractivity contribution is 0.666. The highest BCUT2D eigenvalue weighted by Crippen LogP contribution is 2.49. The van der Waals surface area contributed by atoms with Crippen molar-refractivity contribution in [2.75, 3.05) is 4.90 Å². The lowest BCUT2D eigenvalue weighted by Crippen LogP contribution is -2.28. The molecule has 11 aromatic rings. The molecule has 8 aromatic carbocycles. The molecule has 2 aliphatic rings. The number of anilines is 2. The molecule has 2 unspecified atom stereocenters. The van der Waals surface area contributed by atoms with Gasteiger partial charge in [-0.15, -0.1) is 0 Å². The van der Waals surface area contributed by atoms with Gasteiger partial charge >= 0.3 is 0 Å². The first-order chi connectivity index (χ1) is 30.3. The fraction of sp³-hybridized carbons (Fsp3) is 0.0357. The molecule has 0 amide bonds. The number of fused-ring (bicyclic) bond motifs is 10. The van der Waals surface area contributed by atoms with Gasteiger partial charge in [0.1, 0.15) is 5.58 Å². The number of hydrogen-bond donors (Lipinski definition) is 0.